The maximum Gasteiger partial charge on any atom is 0.263 e. The zero-order valence-corrected chi connectivity index (χ0v) is 11.0. The topological polar surface area (TPSA) is 91.2 Å². The molecule has 1 aliphatic heterocycles. The fourth-order valence-electron chi connectivity index (χ4n) is 1.60. The normalized spacial score (nSPS) is 14.2. The number of nitrogens with one attached hydrogen (secondary N) is 2. The number of nitriles is 1. The largest absolute Gasteiger partial charge is 0.478 e. The van der Waals surface area contributed by atoms with Crippen molar-refractivity contribution in [3.05, 3.63) is 35.4 Å². The van der Waals surface area contributed by atoms with Crippen LogP contribution in [0.5, 0.6) is 5.75 Å². The van der Waals surface area contributed by atoms with Gasteiger partial charge in [-0.1, -0.05) is 18.2 Å². The molecule has 0 saturated carbocycles. The van der Waals surface area contributed by atoms with E-state index in [4.69, 9.17) is 22.2 Å². The van der Waals surface area contributed by atoms with Gasteiger partial charge in [0.1, 0.15) is 17.4 Å². The van der Waals surface area contributed by atoms with E-state index >= 15 is 0 Å². The molecule has 100 valence electrons. The number of thiocarbonyl (C=S) groups is 1. The molecule has 0 unspecified atom stereocenters. The first-order valence-corrected chi connectivity index (χ1v) is 6.00. The fraction of sp³-hybridized carbons (Fsp3) is 0.0769. The number of hydrogen-bond acceptors (Lipinski definition) is 5. The Morgan fingerprint density at radius 3 is 2.55 bits per heavy atom. The molecule has 0 radical (unpaired) electrons. The lowest BCUT2D eigenvalue weighted by atomic mass is 10.1. The first kappa shape index (κ1) is 13.7. The Hall–Kier alpha value is -2.72. The molecule has 20 heavy (non-hydrogen) atoms. The van der Waals surface area contributed by atoms with Gasteiger partial charge >= 0.3 is 0 Å². The average molecular weight is 287 g/mol. The van der Waals surface area contributed by atoms with Crippen molar-refractivity contribution in [2.45, 2.75) is 0 Å². The summed E-state index contributed by atoms with van der Waals surface area (Å²) in [6.45, 7) is -0.122. The number of benzene rings is 1. The zero-order valence-electron chi connectivity index (χ0n) is 10.2. The molecule has 2 amide bonds. The first-order valence-electron chi connectivity index (χ1n) is 5.59. The molecule has 2 N–H and O–H groups in total. The Balaban J connectivity index is 2.35. The number of nitrogens with zero attached hydrogens (tertiary/aromatic N) is 1. The number of carbonyl (C=O) groups excluding carboxylic acids is 2. The van der Waals surface area contributed by atoms with E-state index in [9.17, 15) is 9.59 Å². The molecule has 6 nitrogen and oxygen atoms in total. The van der Waals surface area contributed by atoms with Crippen molar-refractivity contribution in [3.8, 4) is 11.8 Å². The van der Waals surface area contributed by atoms with Crippen LogP contribution >= 0.6 is 12.2 Å². The van der Waals surface area contributed by atoms with E-state index in [1.165, 1.54) is 6.08 Å². The van der Waals surface area contributed by atoms with Crippen LogP contribution in [0.25, 0.3) is 6.08 Å². The Labute approximate surface area is 120 Å². The van der Waals surface area contributed by atoms with Crippen molar-refractivity contribution >= 4 is 35.2 Å². The lowest BCUT2D eigenvalue weighted by Crippen LogP contribution is -2.51. The Morgan fingerprint density at radius 1 is 1.25 bits per heavy atom. The Morgan fingerprint density at radius 2 is 1.90 bits per heavy atom. The van der Waals surface area contributed by atoms with Crippen molar-refractivity contribution in [2.75, 3.05) is 6.61 Å². The highest BCUT2D eigenvalue weighted by Gasteiger charge is 2.25. The summed E-state index contributed by atoms with van der Waals surface area (Å²) in [5.74, 6) is -0.738. The van der Waals surface area contributed by atoms with Gasteiger partial charge in [0.2, 0.25) is 0 Å². The van der Waals surface area contributed by atoms with Crippen molar-refractivity contribution < 1.29 is 14.3 Å². The molecule has 1 fully saturated rings. The number of ether oxygens (including phenoxy) is 1. The van der Waals surface area contributed by atoms with Crippen molar-refractivity contribution in [2.24, 2.45) is 0 Å². The lowest BCUT2D eigenvalue weighted by Gasteiger charge is -2.16. The van der Waals surface area contributed by atoms with E-state index in [0.717, 1.165) is 0 Å². The maximum atomic E-state index is 11.7. The summed E-state index contributed by atoms with van der Waals surface area (Å²) in [7, 11) is 0. The van der Waals surface area contributed by atoms with Crippen LogP contribution in [0.2, 0.25) is 0 Å². The van der Waals surface area contributed by atoms with Gasteiger partial charge in [0.15, 0.2) is 11.7 Å². The number of carbonyl (C=O) groups is 2. The van der Waals surface area contributed by atoms with Gasteiger partial charge in [-0.3, -0.25) is 20.2 Å². The summed E-state index contributed by atoms with van der Waals surface area (Å²) in [5, 5.41) is 13.2. The molecule has 1 heterocycles. The minimum atomic E-state index is -0.575. The average Bonchev–Trinajstić information content (AvgIpc) is 2.41. The molecule has 0 aromatic heterocycles. The monoisotopic (exact) mass is 287 g/mol. The smallest absolute Gasteiger partial charge is 0.263 e. The second-order valence-corrected chi connectivity index (χ2v) is 4.19. The van der Waals surface area contributed by atoms with Crippen LogP contribution in [0, 0.1) is 11.3 Å². The molecule has 0 atom stereocenters. The molecule has 1 saturated heterocycles. The van der Waals surface area contributed by atoms with Crippen molar-refractivity contribution in [1.82, 2.24) is 10.6 Å². The SMILES string of the molecule is N#CCOc1ccccc1C=C1C(=O)NC(=S)NC1=O. The summed E-state index contributed by atoms with van der Waals surface area (Å²) in [5.41, 5.74) is 0.447. The summed E-state index contributed by atoms with van der Waals surface area (Å²) in [6.07, 6.45) is 1.39. The predicted molar refractivity (Wildman–Crippen MR) is 74.4 cm³/mol. The molecule has 0 bridgehead atoms. The minimum Gasteiger partial charge on any atom is -0.478 e. The quantitative estimate of drug-likeness (QED) is 0.480. The molecule has 1 aromatic carbocycles. The van der Waals surface area contributed by atoms with Crippen molar-refractivity contribution in [3.63, 3.8) is 0 Å². The maximum absolute atomic E-state index is 11.7. The molecule has 1 aliphatic rings. The third-order valence-corrected chi connectivity index (χ3v) is 2.66. The van der Waals surface area contributed by atoms with Crippen LogP contribution in [-0.4, -0.2) is 23.5 Å². The fourth-order valence-corrected chi connectivity index (χ4v) is 1.79. The van der Waals surface area contributed by atoms with Crippen LogP contribution < -0.4 is 15.4 Å². The van der Waals surface area contributed by atoms with E-state index in [1.807, 2.05) is 6.07 Å². The van der Waals surface area contributed by atoms with Gasteiger partial charge in [-0.15, -0.1) is 0 Å². The summed E-state index contributed by atoms with van der Waals surface area (Å²) >= 11 is 4.71. The molecule has 0 aliphatic carbocycles. The predicted octanol–water partition coefficient (Wildman–Crippen LogP) is 0.503. The van der Waals surface area contributed by atoms with Crippen LogP contribution in [0.1, 0.15) is 5.56 Å². The molecular formula is C13H9N3O3S. The van der Waals surface area contributed by atoms with Gasteiger partial charge in [0.05, 0.1) is 0 Å². The standard InChI is InChI=1S/C13H9N3O3S/c14-5-6-19-10-4-2-1-3-8(10)7-9-11(17)15-13(20)16-12(9)18/h1-4,7H,6H2,(H2,15,16,17,18,20). The summed E-state index contributed by atoms with van der Waals surface area (Å²) in [4.78, 5) is 23.4. The number of amides is 2. The minimum absolute atomic E-state index is 0.0221. The van der Waals surface area contributed by atoms with Crippen LogP contribution in [0.15, 0.2) is 29.8 Å². The van der Waals surface area contributed by atoms with Gasteiger partial charge < -0.3 is 4.74 Å². The molecule has 0 spiro atoms. The van der Waals surface area contributed by atoms with Crippen LogP contribution in [0.3, 0.4) is 0 Å². The summed E-state index contributed by atoms with van der Waals surface area (Å²) in [6, 6.07) is 8.63. The zero-order chi connectivity index (χ0) is 14.5. The second kappa shape index (κ2) is 5.95. The van der Waals surface area contributed by atoms with E-state index in [2.05, 4.69) is 10.6 Å². The molecular weight excluding hydrogens is 278 g/mol. The Bertz CT molecular complexity index is 639. The van der Waals surface area contributed by atoms with Crippen molar-refractivity contribution in [1.29, 1.82) is 5.26 Å². The summed E-state index contributed by atoms with van der Waals surface area (Å²) < 4.78 is 5.22. The lowest BCUT2D eigenvalue weighted by molar-refractivity contribution is -0.123. The third kappa shape index (κ3) is 2.99. The van der Waals surface area contributed by atoms with Gasteiger partial charge in [-0.25, -0.2) is 0 Å². The van der Waals surface area contributed by atoms with Gasteiger partial charge in [-0.05, 0) is 24.4 Å². The van der Waals surface area contributed by atoms with E-state index in [-0.39, 0.29) is 17.3 Å². The van der Waals surface area contributed by atoms with Crippen LogP contribution in [-0.2, 0) is 9.59 Å². The second-order valence-electron chi connectivity index (χ2n) is 3.78. The molecule has 2 rings (SSSR count). The van der Waals surface area contributed by atoms with E-state index in [1.54, 1.807) is 24.3 Å². The highest BCUT2D eigenvalue weighted by atomic mass is 32.1. The first-order chi connectivity index (χ1) is 9.61. The highest BCUT2D eigenvalue weighted by Crippen LogP contribution is 2.21. The third-order valence-electron chi connectivity index (χ3n) is 2.45. The number of hydrogen-bond donors (Lipinski definition) is 2. The van der Waals surface area contributed by atoms with Gasteiger partial charge in [0.25, 0.3) is 11.8 Å². The van der Waals surface area contributed by atoms with E-state index in [0.29, 0.717) is 11.3 Å². The van der Waals surface area contributed by atoms with Gasteiger partial charge in [0, 0.05) is 5.56 Å². The van der Waals surface area contributed by atoms with E-state index < -0.39 is 11.8 Å². The Kier molecular flexibility index (Phi) is 4.08. The number of para-hydroxylation sites is 1. The highest BCUT2D eigenvalue weighted by molar-refractivity contribution is 7.80. The van der Waals surface area contributed by atoms with Gasteiger partial charge in [-0.2, -0.15) is 5.26 Å². The van der Waals surface area contributed by atoms with Crippen LogP contribution in [0.4, 0.5) is 0 Å². The number of rotatable bonds is 3. The molecule has 1 aromatic rings. The molecule has 7 heteroatoms.